The molecule has 2 heterocycles. The van der Waals surface area contributed by atoms with Crippen LogP contribution in [-0.2, 0) is 22.6 Å². The molecule has 0 aliphatic heterocycles. The summed E-state index contributed by atoms with van der Waals surface area (Å²) in [6.45, 7) is -0.920. The molecule has 0 aliphatic carbocycles. The van der Waals surface area contributed by atoms with Gasteiger partial charge in [0.25, 0.3) is 0 Å². The van der Waals surface area contributed by atoms with Crippen LogP contribution in [0, 0.1) is 5.82 Å². The van der Waals surface area contributed by atoms with Gasteiger partial charge in [-0.3, -0.25) is 0 Å². The average molecular weight is 676 g/mol. The third-order valence-electron chi connectivity index (χ3n) is 6.38. The first-order valence-corrected chi connectivity index (χ1v) is 14.6. The molecule has 0 amide bonds. The topological polar surface area (TPSA) is 112 Å². The summed E-state index contributed by atoms with van der Waals surface area (Å²) in [5.74, 6) is -1.58. The standard InChI is InChI=1S/C27H17ClF7N5O4S/c1-45(42,43)23-9-16(7-20(29)18(23)12-41)15-6-19(28)25(39-11-24(36-13-39)26(30,31)32)21(8-15)40-22(10-37-38-40)14-2-4-17(5-3-14)44-27(33,34)35/h2-11,13,41H,12H2,1H3. The Balaban J connectivity index is 1.74. The number of aliphatic hydroxyl groups excluding tert-OH is 1. The van der Waals surface area contributed by atoms with Crippen molar-refractivity contribution in [3.63, 3.8) is 0 Å². The van der Waals surface area contributed by atoms with E-state index in [1.807, 2.05) is 0 Å². The molecular weight excluding hydrogens is 659 g/mol. The zero-order valence-corrected chi connectivity index (χ0v) is 24.0. The molecule has 0 bridgehead atoms. The Kier molecular flexibility index (Phi) is 8.13. The van der Waals surface area contributed by atoms with Crippen molar-refractivity contribution >= 4 is 21.4 Å². The van der Waals surface area contributed by atoms with E-state index in [0.29, 0.717) is 6.20 Å². The van der Waals surface area contributed by atoms with Crippen molar-refractivity contribution in [3.8, 4) is 39.5 Å². The minimum atomic E-state index is -4.94. The number of hydrogen-bond donors (Lipinski definition) is 1. The molecule has 0 saturated heterocycles. The number of aromatic nitrogens is 5. The number of rotatable bonds is 7. The Hall–Kier alpha value is -4.48. The predicted molar refractivity (Wildman–Crippen MR) is 145 cm³/mol. The van der Waals surface area contributed by atoms with Gasteiger partial charge in [-0.05, 0) is 59.7 Å². The molecule has 3 aromatic carbocycles. The molecule has 0 aliphatic rings. The third kappa shape index (κ3) is 6.64. The number of alkyl halides is 6. The van der Waals surface area contributed by atoms with Gasteiger partial charge in [0.15, 0.2) is 15.5 Å². The van der Waals surface area contributed by atoms with Gasteiger partial charge in [0.05, 0.1) is 46.1 Å². The van der Waals surface area contributed by atoms with Crippen LogP contribution in [0.1, 0.15) is 11.3 Å². The monoisotopic (exact) mass is 675 g/mol. The van der Waals surface area contributed by atoms with Crippen LogP contribution in [-0.4, -0.2) is 50.7 Å². The lowest BCUT2D eigenvalue weighted by Gasteiger charge is -2.17. The van der Waals surface area contributed by atoms with Gasteiger partial charge in [0.2, 0.25) is 0 Å². The fraction of sp³-hybridized carbons (Fsp3) is 0.148. The molecule has 0 unspecified atom stereocenters. The fourth-order valence-electron chi connectivity index (χ4n) is 4.46. The van der Waals surface area contributed by atoms with Gasteiger partial charge in [-0.25, -0.2) is 22.5 Å². The molecule has 0 saturated carbocycles. The second kappa shape index (κ2) is 11.5. The van der Waals surface area contributed by atoms with E-state index in [0.717, 1.165) is 46.1 Å². The van der Waals surface area contributed by atoms with E-state index in [1.54, 1.807) is 0 Å². The summed E-state index contributed by atoms with van der Waals surface area (Å²) in [5, 5.41) is 17.2. The Bertz CT molecular complexity index is 2010. The van der Waals surface area contributed by atoms with E-state index in [-0.39, 0.29) is 38.8 Å². The Morgan fingerprint density at radius 3 is 2.22 bits per heavy atom. The highest BCUT2D eigenvalue weighted by Crippen LogP contribution is 2.38. The minimum Gasteiger partial charge on any atom is -0.406 e. The number of nitrogens with zero attached hydrogens (tertiary/aromatic N) is 5. The third-order valence-corrected chi connectivity index (χ3v) is 7.83. The van der Waals surface area contributed by atoms with E-state index in [4.69, 9.17) is 11.6 Å². The lowest BCUT2D eigenvalue weighted by Crippen LogP contribution is -2.16. The number of hydrogen-bond acceptors (Lipinski definition) is 7. The van der Waals surface area contributed by atoms with Crippen LogP contribution in [0.4, 0.5) is 30.7 Å². The number of sulfone groups is 1. The van der Waals surface area contributed by atoms with Gasteiger partial charge in [-0.2, -0.15) is 13.2 Å². The molecule has 1 N–H and O–H groups in total. The molecule has 0 fully saturated rings. The summed E-state index contributed by atoms with van der Waals surface area (Å²) in [6, 6.07) is 9.14. The Morgan fingerprint density at radius 1 is 0.978 bits per heavy atom. The highest BCUT2D eigenvalue weighted by atomic mass is 35.5. The molecule has 0 spiro atoms. The number of aliphatic hydroxyl groups is 1. The van der Waals surface area contributed by atoms with Gasteiger partial charge < -0.3 is 14.4 Å². The summed E-state index contributed by atoms with van der Waals surface area (Å²) in [5.41, 5.74) is -1.46. The van der Waals surface area contributed by atoms with Crippen molar-refractivity contribution in [2.24, 2.45) is 0 Å². The van der Waals surface area contributed by atoms with Crippen LogP contribution in [0.2, 0.25) is 5.02 Å². The van der Waals surface area contributed by atoms with Gasteiger partial charge >= 0.3 is 12.5 Å². The molecule has 236 valence electrons. The molecule has 5 rings (SSSR count). The maximum atomic E-state index is 15.0. The van der Waals surface area contributed by atoms with Gasteiger partial charge in [-0.1, -0.05) is 16.8 Å². The van der Waals surface area contributed by atoms with E-state index in [1.165, 1.54) is 30.5 Å². The molecule has 45 heavy (non-hydrogen) atoms. The van der Waals surface area contributed by atoms with Gasteiger partial charge in [0.1, 0.15) is 11.6 Å². The normalized spacial score (nSPS) is 12.5. The minimum absolute atomic E-state index is 0.0308. The van der Waals surface area contributed by atoms with Crippen LogP contribution >= 0.6 is 11.6 Å². The van der Waals surface area contributed by atoms with Crippen LogP contribution in [0.5, 0.6) is 5.75 Å². The zero-order valence-electron chi connectivity index (χ0n) is 22.4. The SMILES string of the molecule is CS(=O)(=O)c1cc(-c2cc(Cl)c(-n3cnc(C(F)(F)F)c3)c(-n3nncc3-c3ccc(OC(F)(F)F)cc3)c2)cc(F)c1CO. The Labute approximate surface area is 254 Å². The second-order valence-electron chi connectivity index (χ2n) is 9.46. The molecule has 0 atom stereocenters. The van der Waals surface area contributed by atoms with Crippen LogP contribution in [0.3, 0.4) is 0 Å². The predicted octanol–water partition coefficient (Wildman–Crippen LogP) is 6.39. The summed E-state index contributed by atoms with van der Waals surface area (Å²) >= 11 is 6.60. The molecule has 0 radical (unpaired) electrons. The smallest absolute Gasteiger partial charge is 0.406 e. The molecule has 18 heteroatoms. The number of ether oxygens (including phenoxy) is 1. The van der Waals surface area contributed by atoms with Crippen molar-refractivity contribution in [1.29, 1.82) is 0 Å². The maximum Gasteiger partial charge on any atom is 0.573 e. The first-order valence-electron chi connectivity index (χ1n) is 12.3. The molecular formula is C27H17ClF7N5O4S. The largest absolute Gasteiger partial charge is 0.573 e. The van der Waals surface area contributed by atoms with Crippen molar-refractivity contribution in [2.45, 2.75) is 24.0 Å². The first-order chi connectivity index (χ1) is 21.0. The fourth-order valence-corrected chi connectivity index (χ4v) is 5.72. The number of benzene rings is 3. The molecule has 5 aromatic rings. The Morgan fingerprint density at radius 2 is 1.64 bits per heavy atom. The molecule has 2 aromatic heterocycles. The lowest BCUT2D eigenvalue weighted by atomic mass is 10.0. The summed E-state index contributed by atoms with van der Waals surface area (Å²) in [6.07, 6.45) is -6.23. The van der Waals surface area contributed by atoms with Crippen LogP contribution < -0.4 is 4.74 Å². The number of halogens is 8. The quantitative estimate of drug-likeness (QED) is 0.199. The van der Waals surface area contributed by atoms with E-state index >= 15 is 0 Å². The van der Waals surface area contributed by atoms with E-state index in [2.05, 4.69) is 20.0 Å². The van der Waals surface area contributed by atoms with Gasteiger partial charge in [-0.15, -0.1) is 18.3 Å². The van der Waals surface area contributed by atoms with Crippen LogP contribution in [0.15, 0.2) is 72.1 Å². The van der Waals surface area contributed by atoms with Crippen molar-refractivity contribution in [3.05, 3.63) is 89.3 Å². The van der Waals surface area contributed by atoms with Crippen molar-refractivity contribution < 1.29 is 49.0 Å². The van der Waals surface area contributed by atoms with Gasteiger partial charge in [0, 0.05) is 23.6 Å². The summed E-state index contributed by atoms with van der Waals surface area (Å²) < 4.78 is 124. The lowest BCUT2D eigenvalue weighted by molar-refractivity contribution is -0.274. The average Bonchev–Trinajstić information content (AvgIpc) is 3.62. The first kappa shape index (κ1) is 31.9. The van der Waals surface area contributed by atoms with Crippen molar-refractivity contribution in [2.75, 3.05) is 6.26 Å². The number of imidazole rings is 1. The highest BCUT2D eigenvalue weighted by molar-refractivity contribution is 7.90. The van der Waals surface area contributed by atoms with Crippen LogP contribution in [0.25, 0.3) is 33.8 Å². The van der Waals surface area contributed by atoms with E-state index < -0.39 is 56.7 Å². The van der Waals surface area contributed by atoms with E-state index in [9.17, 15) is 44.3 Å². The highest BCUT2D eigenvalue weighted by Gasteiger charge is 2.34. The zero-order chi connectivity index (χ0) is 32.9. The summed E-state index contributed by atoms with van der Waals surface area (Å²) in [7, 11) is -4.04. The molecule has 9 nitrogen and oxygen atoms in total. The van der Waals surface area contributed by atoms with Crippen molar-refractivity contribution in [1.82, 2.24) is 24.5 Å². The second-order valence-corrected chi connectivity index (χ2v) is 11.8. The summed E-state index contributed by atoms with van der Waals surface area (Å²) in [4.78, 5) is 2.88. The maximum absolute atomic E-state index is 15.0.